The summed E-state index contributed by atoms with van der Waals surface area (Å²) in [5, 5.41) is 12.7. The Labute approximate surface area is 126 Å². The molecule has 2 N–H and O–H groups in total. The van der Waals surface area contributed by atoms with E-state index in [2.05, 4.69) is 5.32 Å². The van der Waals surface area contributed by atoms with E-state index in [0.29, 0.717) is 22.6 Å². The number of benzene rings is 2. The molecular weight excluding hydrogens is 282 g/mol. The largest absolute Gasteiger partial charge is 0.506 e. The molecule has 2 aromatic rings. The summed E-state index contributed by atoms with van der Waals surface area (Å²) < 4.78 is 5.03. The molecule has 22 heavy (non-hydrogen) atoms. The van der Waals surface area contributed by atoms with Gasteiger partial charge in [-0.05, 0) is 24.3 Å². The van der Waals surface area contributed by atoms with E-state index in [1.165, 1.54) is 0 Å². The highest BCUT2D eigenvalue weighted by atomic mass is 16.5. The first-order valence-electron chi connectivity index (χ1n) is 6.64. The van der Waals surface area contributed by atoms with Crippen molar-refractivity contribution >= 4 is 23.1 Å². The van der Waals surface area contributed by atoms with Gasteiger partial charge in [0.2, 0.25) is 5.78 Å². The zero-order valence-corrected chi connectivity index (χ0v) is 11.8. The number of hydrogen-bond donors (Lipinski definition) is 2. The quantitative estimate of drug-likeness (QED) is 0.854. The fraction of sp³-hybridized carbons (Fsp3) is 0.0588. The molecule has 0 saturated heterocycles. The number of carbonyl (C=O) groups is 2. The highest BCUT2D eigenvalue weighted by Gasteiger charge is 2.33. The van der Waals surface area contributed by atoms with Gasteiger partial charge in [-0.25, -0.2) is 0 Å². The van der Waals surface area contributed by atoms with Gasteiger partial charge in [-0.1, -0.05) is 24.3 Å². The summed E-state index contributed by atoms with van der Waals surface area (Å²) in [6.07, 6.45) is 0. The van der Waals surface area contributed by atoms with E-state index in [-0.39, 0.29) is 11.3 Å². The van der Waals surface area contributed by atoms with Crippen LogP contribution in [-0.4, -0.2) is 23.9 Å². The van der Waals surface area contributed by atoms with Crippen molar-refractivity contribution in [3.8, 4) is 5.75 Å². The zero-order valence-electron chi connectivity index (χ0n) is 11.8. The number of hydrogen-bond acceptors (Lipinski definition) is 4. The number of ketones is 1. The summed E-state index contributed by atoms with van der Waals surface area (Å²) in [5.41, 5.74) is 0.985. The SMILES string of the molecule is COc1ccc(NC(=O)C2=C(O)c3ccccc3C2=O)cc1. The minimum Gasteiger partial charge on any atom is -0.506 e. The Balaban J connectivity index is 1.87. The molecule has 0 bridgehead atoms. The molecule has 0 spiro atoms. The Morgan fingerprint density at radius 2 is 1.68 bits per heavy atom. The van der Waals surface area contributed by atoms with Crippen LogP contribution in [0.1, 0.15) is 15.9 Å². The van der Waals surface area contributed by atoms with Gasteiger partial charge >= 0.3 is 0 Å². The Morgan fingerprint density at radius 1 is 1.05 bits per heavy atom. The molecule has 1 aliphatic carbocycles. The van der Waals surface area contributed by atoms with Gasteiger partial charge < -0.3 is 15.2 Å². The third-order valence-corrected chi connectivity index (χ3v) is 3.47. The van der Waals surface area contributed by atoms with E-state index in [9.17, 15) is 14.7 Å². The molecule has 0 atom stereocenters. The van der Waals surface area contributed by atoms with Crippen LogP contribution in [0, 0.1) is 0 Å². The van der Waals surface area contributed by atoms with Crippen LogP contribution in [0.25, 0.3) is 5.76 Å². The second-order valence-electron chi connectivity index (χ2n) is 4.78. The minimum absolute atomic E-state index is 0.239. The summed E-state index contributed by atoms with van der Waals surface area (Å²) in [4.78, 5) is 24.5. The predicted molar refractivity (Wildman–Crippen MR) is 81.9 cm³/mol. The smallest absolute Gasteiger partial charge is 0.263 e. The van der Waals surface area contributed by atoms with Crippen LogP contribution in [0.2, 0.25) is 0 Å². The van der Waals surface area contributed by atoms with Gasteiger partial charge in [0.15, 0.2) is 0 Å². The van der Waals surface area contributed by atoms with E-state index in [4.69, 9.17) is 4.74 Å². The lowest BCUT2D eigenvalue weighted by Gasteiger charge is -2.06. The maximum absolute atomic E-state index is 12.3. The summed E-state index contributed by atoms with van der Waals surface area (Å²) in [5.74, 6) is -0.737. The monoisotopic (exact) mass is 295 g/mol. The molecular formula is C17H13NO4. The van der Waals surface area contributed by atoms with Crippen molar-refractivity contribution in [3.05, 3.63) is 65.2 Å². The molecule has 110 valence electrons. The fourth-order valence-corrected chi connectivity index (χ4v) is 2.34. The standard InChI is InChI=1S/C17H13NO4/c1-22-11-8-6-10(7-9-11)18-17(21)14-15(19)12-4-2-3-5-13(12)16(14)20/h2-9,19H,1H3,(H,18,21). The molecule has 0 radical (unpaired) electrons. The maximum atomic E-state index is 12.3. The summed E-state index contributed by atoms with van der Waals surface area (Å²) in [6.45, 7) is 0. The molecule has 1 amide bonds. The van der Waals surface area contributed by atoms with Crippen LogP contribution in [0.15, 0.2) is 54.1 Å². The molecule has 5 heteroatoms. The molecule has 0 unspecified atom stereocenters. The third-order valence-electron chi connectivity index (χ3n) is 3.47. The van der Waals surface area contributed by atoms with Crippen LogP contribution < -0.4 is 10.1 Å². The fourth-order valence-electron chi connectivity index (χ4n) is 2.34. The highest BCUT2D eigenvalue weighted by molar-refractivity contribution is 6.36. The number of Topliss-reactive ketones (excluding diaryl/α,β-unsaturated/α-hetero) is 1. The molecule has 0 fully saturated rings. The topological polar surface area (TPSA) is 75.6 Å². The first kappa shape index (κ1) is 13.9. The van der Waals surface area contributed by atoms with Gasteiger partial charge in [-0.3, -0.25) is 9.59 Å². The third kappa shape index (κ3) is 2.22. The Hall–Kier alpha value is -3.08. The molecule has 5 nitrogen and oxygen atoms in total. The number of rotatable bonds is 3. The average Bonchev–Trinajstić information content (AvgIpc) is 2.80. The lowest BCUT2D eigenvalue weighted by atomic mass is 10.1. The molecule has 3 rings (SSSR count). The summed E-state index contributed by atoms with van der Waals surface area (Å²) >= 11 is 0. The van der Waals surface area contributed by atoms with Crippen molar-refractivity contribution in [1.29, 1.82) is 0 Å². The molecule has 0 heterocycles. The predicted octanol–water partition coefficient (Wildman–Crippen LogP) is 2.80. The van der Waals surface area contributed by atoms with Crippen LogP contribution in [-0.2, 0) is 4.79 Å². The van der Waals surface area contributed by atoms with Crippen molar-refractivity contribution in [2.45, 2.75) is 0 Å². The Kier molecular flexibility index (Phi) is 3.39. The second-order valence-corrected chi connectivity index (χ2v) is 4.78. The number of ether oxygens (including phenoxy) is 1. The van der Waals surface area contributed by atoms with Crippen LogP contribution in [0.5, 0.6) is 5.75 Å². The lowest BCUT2D eigenvalue weighted by Crippen LogP contribution is -2.19. The van der Waals surface area contributed by atoms with E-state index in [1.807, 2.05) is 0 Å². The number of aliphatic hydroxyl groups excluding tert-OH is 1. The Morgan fingerprint density at radius 3 is 2.27 bits per heavy atom. The first-order valence-corrected chi connectivity index (χ1v) is 6.64. The van der Waals surface area contributed by atoms with E-state index >= 15 is 0 Å². The second kappa shape index (κ2) is 5.37. The first-order chi connectivity index (χ1) is 10.6. The minimum atomic E-state index is -0.635. The van der Waals surface area contributed by atoms with Gasteiger partial charge in [-0.15, -0.1) is 0 Å². The van der Waals surface area contributed by atoms with Crippen LogP contribution >= 0.6 is 0 Å². The normalized spacial score (nSPS) is 13.0. The summed E-state index contributed by atoms with van der Waals surface area (Å²) in [6, 6.07) is 13.3. The van der Waals surface area contributed by atoms with Crippen molar-refractivity contribution in [2.75, 3.05) is 12.4 Å². The zero-order chi connectivity index (χ0) is 15.7. The average molecular weight is 295 g/mol. The molecule has 2 aromatic carbocycles. The number of fused-ring (bicyclic) bond motifs is 1. The molecule has 0 saturated carbocycles. The van der Waals surface area contributed by atoms with Crippen molar-refractivity contribution in [1.82, 2.24) is 0 Å². The Bertz CT molecular complexity index is 791. The molecule has 1 aliphatic rings. The molecule has 0 aromatic heterocycles. The lowest BCUT2D eigenvalue weighted by molar-refractivity contribution is -0.112. The van der Waals surface area contributed by atoms with Gasteiger partial charge in [0.25, 0.3) is 5.91 Å². The highest BCUT2D eigenvalue weighted by Crippen LogP contribution is 2.31. The number of methoxy groups -OCH3 is 1. The van der Waals surface area contributed by atoms with Gasteiger partial charge in [0.05, 0.1) is 7.11 Å². The number of aliphatic hydroxyl groups is 1. The van der Waals surface area contributed by atoms with E-state index < -0.39 is 11.7 Å². The van der Waals surface area contributed by atoms with Crippen LogP contribution in [0.4, 0.5) is 5.69 Å². The van der Waals surface area contributed by atoms with Gasteiger partial charge in [0, 0.05) is 16.8 Å². The number of carbonyl (C=O) groups excluding carboxylic acids is 2. The van der Waals surface area contributed by atoms with E-state index in [1.54, 1.807) is 55.6 Å². The van der Waals surface area contributed by atoms with Gasteiger partial charge in [0.1, 0.15) is 17.1 Å². The van der Waals surface area contributed by atoms with Crippen molar-refractivity contribution in [3.63, 3.8) is 0 Å². The van der Waals surface area contributed by atoms with Crippen molar-refractivity contribution in [2.24, 2.45) is 0 Å². The van der Waals surface area contributed by atoms with E-state index in [0.717, 1.165) is 0 Å². The summed E-state index contributed by atoms with van der Waals surface area (Å²) in [7, 11) is 1.55. The molecule has 0 aliphatic heterocycles. The van der Waals surface area contributed by atoms with Crippen molar-refractivity contribution < 1.29 is 19.4 Å². The number of amides is 1. The number of nitrogens with one attached hydrogen (secondary N) is 1. The number of anilines is 1. The van der Waals surface area contributed by atoms with Gasteiger partial charge in [-0.2, -0.15) is 0 Å². The maximum Gasteiger partial charge on any atom is 0.263 e. The van der Waals surface area contributed by atoms with Crippen LogP contribution in [0.3, 0.4) is 0 Å².